The molecule has 0 unspecified atom stereocenters. The molecule has 1 aromatic carbocycles. The zero-order valence-corrected chi connectivity index (χ0v) is 17.1. The number of halogens is 5. The van der Waals surface area contributed by atoms with Crippen molar-refractivity contribution in [3.63, 3.8) is 0 Å². The van der Waals surface area contributed by atoms with E-state index in [9.17, 15) is 21.6 Å². The van der Waals surface area contributed by atoms with Gasteiger partial charge in [-0.2, -0.15) is 13.2 Å². The molecule has 0 amide bonds. The Labute approximate surface area is 173 Å². The molecule has 2 aromatic heterocycles. The summed E-state index contributed by atoms with van der Waals surface area (Å²) >= 11 is 12.1. The quantitative estimate of drug-likeness (QED) is 0.551. The molecule has 29 heavy (non-hydrogen) atoms. The number of alkyl halides is 3. The van der Waals surface area contributed by atoms with E-state index in [2.05, 4.69) is 14.9 Å². The number of hydrogen-bond donors (Lipinski definition) is 1. The summed E-state index contributed by atoms with van der Waals surface area (Å²) in [5.74, 6) is 0.0923. The van der Waals surface area contributed by atoms with Crippen LogP contribution in [0.5, 0.6) is 0 Å². The van der Waals surface area contributed by atoms with Crippen molar-refractivity contribution in [2.24, 2.45) is 0 Å². The van der Waals surface area contributed by atoms with Gasteiger partial charge in [-0.3, -0.25) is 9.71 Å². The van der Waals surface area contributed by atoms with E-state index in [0.717, 1.165) is 6.07 Å². The van der Waals surface area contributed by atoms with E-state index in [-0.39, 0.29) is 43.3 Å². The van der Waals surface area contributed by atoms with E-state index >= 15 is 0 Å². The van der Waals surface area contributed by atoms with Gasteiger partial charge in [0.15, 0.2) is 10.7 Å². The van der Waals surface area contributed by atoms with Gasteiger partial charge in [0.1, 0.15) is 5.69 Å². The molecule has 0 bridgehead atoms. The van der Waals surface area contributed by atoms with Gasteiger partial charge < -0.3 is 4.52 Å². The summed E-state index contributed by atoms with van der Waals surface area (Å²) < 4.78 is 71.0. The molecule has 12 heteroatoms. The first kappa shape index (κ1) is 21.4. The highest BCUT2D eigenvalue weighted by atomic mass is 35.5. The van der Waals surface area contributed by atoms with Gasteiger partial charge in [0.05, 0.1) is 27.0 Å². The average Bonchev–Trinajstić information content (AvgIpc) is 2.95. The minimum absolute atomic E-state index is 0.0121. The van der Waals surface area contributed by atoms with Gasteiger partial charge in [0.25, 0.3) is 10.0 Å². The predicted molar refractivity (Wildman–Crippen MR) is 101 cm³/mol. The molecule has 0 fully saturated rings. The van der Waals surface area contributed by atoms with Crippen molar-refractivity contribution in [2.75, 3.05) is 4.72 Å². The van der Waals surface area contributed by atoms with E-state index in [4.69, 9.17) is 27.7 Å². The molecule has 1 N–H and O–H groups in total. The number of rotatable bonds is 4. The summed E-state index contributed by atoms with van der Waals surface area (Å²) in [6.07, 6.45) is -3.95. The Bertz CT molecular complexity index is 1170. The number of aromatic nitrogens is 2. The number of anilines is 1. The van der Waals surface area contributed by atoms with Crippen molar-refractivity contribution in [2.45, 2.75) is 24.9 Å². The second kappa shape index (κ2) is 7.51. The number of hydrogen-bond acceptors (Lipinski definition) is 5. The van der Waals surface area contributed by atoms with Crippen LogP contribution >= 0.6 is 23.2 Å². The summed E-state index contributed by atoms with van der Waals surface area (Å²) in [5.41, 5.74) is -0.546. The minimum Gasteiger partial charge on any atom is -0.360 e. The normalized spacial score (nSPS) is 12.2. The van der Waals surface area contributed by atoms with Crippen molar-refractivity contribution in [1.82, 2.24) is 10.1 Å². The molecule has 2 heterocycles. The zero-order valence-electron chi connectivity index (χ0n) is 14.8. The largest absolute Gasteiger partial charge is 0.417 e. The molecular formula is C17H12Cl2F3N3O3S. The molecule has 0 spiro atoms. The molecule has 0 aliphatic heterocycles. The molecule has 154 valence electrons. The number of aryl methyl sites for hydroxylation is 2. The molecule has 0 aliphatic carbocycles. The van der Waals surface area contributed by atoms with Gasteiger partial charge in [0, 0.05) is 11.8 Å². The number of nitrogens with zero attached hydrogens (tertiary/aromatic N) is 2. The lowest BCUT2D eigenvalue weighted by Crippen LogP contribution is -2.15. The van der Waals surface area contributed by atoms with Gasteiger partial charge in [-0.1, -0.05) is 34.4 Å². The third kappa shape index (κ3) is 4.34. The maximum absolute atomic E-state index is 12.8. The van der Waals surface area contributed by atoms with E-state index in [1.807, 2.05) is 0 Å². The Morgan fingerprint density at radius 2 is 1.79 bits per heavy atom. The maximum atomic E-state index is 12.8. The van der Waals surface area contributed by atoms with Crippen molar-refractivity contribution in [3.8, 4) is 11.3 Å². The Morgan fingerprint density at radius 1 is 1.10 bits per heavy atom. The van der Waals surface area contributed by atoms with Gasteiger partial charge in [-0.25, -0.2) is 8.42 Å². The van der Waals surface area contributed by atoms with Gasteiger partial charge in [-0.15, -0.1) is 0 Å². The van der Waals surface area contributed by atoms with Gasteiger partial charge >= 0.3 is 6.18 Å². The van der Waals surface area contributed by atoms with Crippen LogP contribution in [0.15, 0.2) is 39.9 Å². The van der Waals surface area contributed by atoms with Crippen molar-refractivity contribution in [1.29, 1.82) is 0 Å². The van der Waals surface area contributed by atoms with Gasteiger partial charge in [0.2, 0.25) is 0 Å². The van der Waals surface area contributed by atoms with Crippen molar-refractivity contribution >= 4 is 38.9 Å². The average molecular weight is 466 g/mol. The van der Waals surface area contributed by atoms with Crippen LogP contribution in [0.3, 0.4) is 0 Å². The van der Waals surface area contributed by atoms with E-state index in [1.54, 1.807) is 0 Å². The molecule has 3 aromatic rings. The van der Waals surface area contributed by atoms with E-state index in [1.165, 1.54) is 32.0 Å². The zero-order chi connectivity index (χ0) is 21.6. The van der Waals surface area contributed by atoms with Crippen molar-refractivity contribution < 1.29 is 26.1 Å². The van der Waals surface area contributed by atoms with Crippen LogP contribution in [0.1, 0.15) is 17.0 Å². The first-order valence-corrected chi connectivity index (χ1v) is 10.1. The smallest absolute Gasteiger partial charge is 0.360 e. The summed E-state index contributed by atoms with van der Waals surface area (Å²) in [6, 6.07) is 4.89. The summed E-state index contributed by atoms with van der Waals surface area (Å²) in [4.78, 5) is 3.63. The minimum atomic E-state index is -4.59. The monoisotopic (exact) mass is 465 g/mol. The summed E-state index contributed by atoms with van der Waals surface area (Å²) in [7, 11) is -4.08. The standard InChI is InChI=1S/C17H12Cl2F3N3O3S/c1-8-16(9(2)28-24-8)29(26,27)25-14-5-10(3-4-12(14)18)15-13(19)6-11(7-23-15)17(20,21)22/h3-7,25H,1-2H3. The fourth-order valence-corrected chi connectivity index (χ4v) is 4.51. The number of benzene rings is 1. The van der Waals surface area contributed by atoms with Crippen LogP contribution in [0, 0.1) is 13.8 Å². The maximum Gasteiger partial charge on any atom is 0.417 e. The van der Waals surface area contributed by atoms with Crippen LogP contribution in [0.25, 0.3) is 11.3 Å². The highest BCUT2D eigenvalue weighted by Crippen LogP contribution is 2.36. The second-order valence-corrected chi connectivity index (χ2v) is 8.44. The van der Waals surface area contributed by atoms with E-state index < -0.39 is 21.8 Å². The summed E-state index contributed by atoms with van der Waals surface area (Å²) in [5, 5.41) is 3.42. The molecule has 0 atom stereocenters. The SMILES string of the molecule is Cc1noc(C)c1S(=O)(=O)Nc1cc(-c2ncc(C(F)(F)F)cc2Cl)ccc1Cl. The lowest BCUT2D eigenvalue weighted by molar-refractivity contribution is -0.137. The third-order valence-corrected chi connectivity index (χ3v) is 6.12. The molecule has 0 saturated heterocycles. The Balaban J connectivity index is 2.02. The fourth-order valence-electron chi connectivity index (χ4n) is 2.61. The molecule has 3 rings (SSSR count). The van der Waals surface area contributed by atoms with Crippen LogP contribution in [0.2, 0.25) is 10.0 Å². The van der Waals surface area contributed by atoms with Gasteiger partial charge in [-0.05, 0) is 32.0 Å². The molecule has 0 saturated carbocycles. The van der Waals surface area contributed by atoms with E-state index in [0.29, 0.717) is 6.20 Å². The van der Waals surface area contributed by atoms with Crippen molar-refractivity contribution in [3.05, 3.63) is 57.5 Å². The fraction of sp³-hybridized carbons (Fsp3) is 0.176. The van der Waals surface area contributed by atoms with Crippen LogP contribution in [-0.4, -0.2) is 18.6 Å². The Kier molecular flexibility index (Phi) is 5.54. The number of nitrogens with one attached hydrogen (secondary N) is 1. The molecular weight excluding hydrogens is 454 g/mol. The topological polar surface area (TPSA) is 85.1 Å². The summed E-state index contributed by atoms with van der Waals surface area (Å²) in [6.45, 7) is 2.91. The highest BCUT2D eigenvalue weighted by molar-refractivity contribution is 7.92. The molecule has 0 aliphatic rings. The highest BCUT2D eigenvalue weighted by Gasteiger charge is 2.32. The third-order valence-electron chi connectivity index (χ3n) is 3.89. The van der Waals surface area contributed by atoms with Crippen LogP contribution in [-0.2, 0) is 16.2 Å². The van der Waals surface area contributed by atoms with Crippen LogP contribution in [0.4, 0.5) is 18.9 Å². The first-order chi connectivity index (χ1) is 13.4. The Hall–Kier alpha value is -2.30. The lowest BCUT2D eigenvalue weighted by Gasteiger charge is -2.13. The second-order valence-electron chi connectivity index (χ2n) is 6.01. The lowest BCUT2D eigenvalue weighted by atomic mass is 10.1. The first-order valence-electron chi connectivity index (χ1n) is 7.88. The number of sulfonamides is 1. The van der Waals surface area contributed by atoms with Crippen LogP contribution < -0.4 is 4.72 Å². The predicted octanol–water partition coefficient (Wildman–Crippen LogP) is 5.48. The number of pyridine rings is 1. The molecule has 0 radical (unpaired) electrons. The Morgan fingerprint density at radius 3 is 2.34 bits per heavy atom. The molecule has 6 nitrogen and oxygen atoms in total.